The molecule has 142 valence electrons. The highest BCUT2D eigenvalue weighted by molar-refractivity contribution is 6.00. The lowest BCUT2D eigenvalue weighted by molar-refractivity contribution is -0.393. The van der Waals surface area contributed by atoms with Gasteiger partial charge < -0.3 is 10.3 Å². The van der Waals surface area contributed by atoms with Crippen LogP contribution in [0.25, 0.3) is 10.9 Å². The maximum absolute atomic E-state index is 11.2. The molecule has 0 atom stereocenters. The van der Waals surface area contributed by atoms with E-state index in [2.05, 4.69) is 10.5 Å². The molecule has 0 unspecified atom stereocenters. The predicted octanol–water partition coefficient (Wildman–Crippen LogP) is 2.39. The summed E-state index contributed by atoms with van der Waals surface area (Å²) < 4.78 is 1.67. The molecule has 1 heterocycles. The van der Waals surface area contributed by atoms with E-state index in [-0.39, 0.29) is 12.2 Å². The van der Waals surface area contributed by atoms with Crippen LogP contribution in [0.2, 0.25) is 0 Å². The number of nitrogens with one attached hydrogen (secondary N) is 1. The summed E-state index contributed by atoms with van der Waals surface area (Å²) in [5.41, 5.74) is 8.38. The van der Waals surface area contributed by atoms with E-state index in [0.29, 0.717) is 5.56 Å². The first-order valence-electron chi connectivity index (χ1n) is 7.95. The Balaban J connectivity index is 1.90. The van der Waals surface area contributed by atoms with E-state index in [0.717, 1.165) is 23.0 Å². The second-order valence-corrected chi connectivity index (χ2v) is 5.78. The van der Waals surface area contributed by atoms with Crippen molar-refractivity contribution in [3.8, 4) is 0 Å². The van der Waals surface area contributed by atoms with Gasteiger partial charge in [-0.05, 0) is 12.1 Å². The molecule has 11 heteroatoms. The molecule has 0 saturated carbocycles. The smallest absolute Gasteiger partial charge is 0.301 e. The lowest BCUT2D eigenvalue weighted by atomic mass is 10.2. The summed E-state index contributed by atoms with van der Waals surface area (Å²) in [5, 5.41) is 26.7. The summed E-state index contributed by atoms with van der Waals surface area (Å²) in [6.45, 7) is -0.00436. The van der Waals surface area contributed by atoms with E-state index >= 15 is 0 Å². The van der Waals surface area contributed by atoms with Crippen LogP contribution in [0.5, 0.6) is 0 Å². The molecule has 3 rings (SSSR count). The largest absolute Gasteiger partial charge is 0.368 e. The van der Waals surface area contributed by atoms with Gasteiger partial charge in [0, 0.05) is 28.7 Å². The third-order valence-electron chi connectivity index (χ3n) is 3.92. The minimum Gasteiger partial charge on any atom is -0.368 e. The topological polar surface area (TPSA) is 159 Å². The molecule has 0 fully saturated rings. The molecule has 3 aromatic rings. The van der Waals surface area contributed by atoms with E-state index in [4.69, 9.17) is 5.73 Å². The lowest BCUT2D eigenvalue weighted by Crippen LogP contribution is -2.17. The van der Waals surface area contributed by atoms with Crippen molar-refractivity contribution >= 4 is 40.1 Å². The van der Waals surface area contributed by atoms with Crippen molar-refractivity contribution in [2.24, 2.45) is 10.8 Å². The zero-order valence-electron chi connectivity index (χ0n) is 14.3. The fourth-order valence-corrected chi connectivity index (χ4v) is 2.73. The molecule has 28 heavy (non-hydrogen) atoms. The molecule has 0 bridgehead atoms. The van der Waals surface area contributed by atoms with Gasteiger partial charge in [0.1, 0.15) is 12.2 Å². The highest BCUT2D eigenvalue weighted by atomic mass is 16.6. The number of carbonyl (C=O) groups excluding carboxylic acids is 1. The first-order valence-corrected chi connectivity index (χ1v) is 7.95. The molecule has 0 aliphatic carbocycles. The van der Waals surface area contributed by atoms with Crippen molar-refractivity contribution in [3.63, 3.8) is 0 Å². The number of amides is 1. The summed E-state index contributed by atoms with van der Waals surface area (Å²) in [7, 11) is 0. The summed E-state index contributed by atoms with van der Waals surface area (Å²) in [6.07, 6.45) is 3.12. The van der Waals surface area contributed by atoms with Crippen LogP contribution in [0.3, 0.4) is 0 Å². The number of para-hydroxylation sites is 1. The highest BCUT2D eigenvalue weighted by Crippen LogP contribution is 2.29. The zero-order valence-corrected chi connectivity index (χ0v) is 14.3. The summed E-state index contributed by atoms with van der Waals surface area (Å²) in [4.78, 5) is 31.7. The van der Waals surface area contributed by atoms with Crippen LogP contribution < -0.4 is 11.2 Å². The minimum absolute atomic E-state index is 0.00436. The molecule has 3 N–H and O–H groups in total. The Kier molecular flexibility index (Phi) is 4.98. The number of benzene rings is 2. The van der Waals surface area contributed by atoms with Crippen LogP contribution in [0.15, 0.2) is 53.8 Å². The number of nitro benzene ring substituents is 2. The Morgan fingerprint density at radius 3 is 2.61 bits per heavy atom. The van der Waals surface area contributed by atoms with E-state index < -0.39 is 27.1 Å². The molecule has 1 aromatic heterocycles. The van der Waals surface area contributed by atoms with Gasteiger partial charge >= 0.3 is 5.69 Å². The number of nitrogens with two attached hydrogens (primary N) is 1. The van der Waals surface area contributed by atoms with Crippen LogP contribution >= 0.6 is 0 Å². The maximum atomic E-state index is 11.2. The first-order chi connectivity index (χ1) is 13.4. The number of non-ortho nitro benzene ring substituents is 1. The number of hydrogen-bond donors (Lipinski definition) is 2. The zero-order chi connectivity index (χ0) is 20.3. The Morgan fingerprint density at radius 2 is 1.93 bits per heavy atom. The molecule has 0 aliphatic heterocycles. The number of fused-ring (bicyclic) bond motifs is 1. The summed E-state index contributed by atoms with van der Waals surface area (Å²) in [6, 6.07) is 10.5. The van der Waals surface area contributed by atoms with Crippen molar-refractivity contribution < 1.29 is 14.6 Å². The van der Waals surface area contributed by atoms with Gasteiger partial charge in [0.05, 0.1) is 22.1 Å². The van der Waals surface area contributed by atoms with Gasteiger partial charge in [-0.25, -0.2) is 0 Å². The molecular weight excluding hydrogens is 368 g/mol. The maximum Gasteiger partial charge on any atom is 0.301 e. The third-order valence-corrected chi connectivity index (χ3v) is 3.92. The monoisotopic (exact) mass is 382 g/mol. The number of nitrogens with zero attached hydrogens (tertiary/aromatic N) is 4. The van der Waals surface area contributed by atoms with Crippen LogP contribution in [0, 0.1) is 20.2 Å². The number of hydrogen-bond acceptors (Lipinski definition) is 7. The standard InChI is InChI=1S/C17H14N6O5/c18-17(24)10-21-9-11(13-3-1-2-4-15(13)21)8-19-20-14-6-5-12(22(25)26)7-16(14)23(27)28/h1-9,20H,10H2,(H2,18,24). The van der Waals surface area contributed by atoms with Crippen LogP contribution in [0.4, 0.5) is 17.1 Å². The predicted molar refractivity (Wildman–Crippen MR) is 102 cm³/mol. The second-order valence-electron chi connectivity index (χ2n) is 5.78. The Hall–Kier alpha value is -4.28. The number of primary amides is 1. The third kappa shape index (κ3) is 3.77. The molecule has 11 nitrogen and oxygen atoms in total. The van der Waals surface area contributed by atoms with E-state index in [1.165, 1.54) is 12.3 Å². The van der Waals surface area contributed by atoms with Crippen molar-refractivity contribution in [1.29, 1.82) is 0 Å². The number of anilines is 1. The first kappa shape index (κ1) is 18.5. The van der Waals surface area contributed by atoms with Crippen LogP contribution in [-0.4, -0.2) is 26.5 Å². The van der Waals surface area contributed by atoms with Crippen molar-refractivity contribution in [1.82, 2.24) is 4.57 Å². The van der Waals surface area contributed by atoms with E-state index in [1.54, 1.807) is 10.8 Å². The number of carbonyl (C=O) groups is 1. The molecule has 0 saturated heterocycles. The van der Waals surface area contributed by atoms with Gasteiger partial charge in [0.2, 0.25) is 5.91 Å². The minimum atomic E-state index is -0.733. The Morgan fingerprint density at radius 1 is 1.18 bits per heavy atom. The number of hydrazone groups is 1. The van der Waals surface area contributed by atoms with E-state index in [1.807, 2.05) is 24.3 Å². The quantitative estimate of drug-likeness (QED) is 0.362. The van der Waals surface area contributed by atoms with Gasteiger partial charge in [0.15, 0.2) is 0 Å². The van der Waals surface area contributed by atoms with Crippen molar-refractivity contribution in [3.05, 3.63) is 74.5 Å². The van der Waals surface area contributed by atoms with Crippen LogP contribution in [-0.2, 0) is 11.3 Å². The molecule has 0 radical (unpaired) electrons. The average Bonchev–Trinajstić information content (AvgIpc) is 2.99. The average molecular weight is 382 g/mol. The number of rotatable bonds is 7. The Bertz CT molecular complexity index is 1120. The van der Waals surface area contributed by atoms with Gasteiger partial charge in [-0.1, -0.05) is 18.2 Å². The second kappa shape index (κ2) is 7.53. The highest BCUT2D eigenvalue weighted by Gasteiger charge is 2.19. The van der Waals surface area contributed by atoms with Gasteiger partial charge in [-0.2, -0.15) is 5.10 Å². The van der Waals surface area contributed by atoms with Crippen molar-refractivity contribution in [2.45, 2.75) is 6.54 Å². The van der Waals surface area contributed by atoms with E-state index in [9.17, 15) is 25.0 Å². The summed E-state index contributed by atoms with van der Waals surface area (Å²) >= 11 is 0. The van der Waals surface area contributed by atoms with Crippen molar-refractivity contribution in [2.75, 3.05) is 5.43 Å². The molecular formula is C17H14N6O5. The normalized spacial score (nSPS) is 11.0. The lowest BCUT2D eigenvalue weighted by Gasteiger charge is -2.01. The number of aromatic nitrogens is 1. The van der Waals surface area contributed by atoms with Gasteiger partial charge in [-0.15, -0.1) is 0 Å². The molecule has 0 spiro atoms. The van der Waals surface area contributed by atoms with Gasteiger partial charge in [0.25, 0.3) is 5.69 Å². The van der Waals surface area contributed by atoms with Crippen LogP contribution in [0.1, 0.15) is 5.56 Å². The molecule has 1 amide bonds. The molecule has 2 aromatic carbocycles. The Labute approximate surface area is 157 Å². The van der Waals surface area contributed by atoms with Gasteiger partial charge in [-0.3, -0.25) is 30.4 Å². The fourth-order valence-electron chi connectivity index (χ4n) is 2.73. The molecule has 0 aliphatic rings. The SMILES string of the molecule is NC(=O)Cn1cc(C=NNc2ccc([N+](=O)[O-])cc2[N+](=O)[O-])c2ccccc21. The fraction of sp³-hybridized carbons (Fsp3) is 0.0588. The number of nitro groups is 2. The summed E-state index contributed by atoms with van der Waals surface area (Å²) in [5.74, 6) is -0.496.